The first-order chi connectivity index (χ1) is 15.8. The minimum Gasteiger partial charge on any atom is -0.508 e. The average molecular weight is 460 g/mol. The van der Waals surface area contributed by atoms with Crippen LogP contribution in [-0.2, 0) is 16.0 Å². The number of rotatable bonds is 4. The third kappa shape index (κ3) is 4.86. The van der Waals surface area contributed by atoms with E-state index in [2.05, 4.69) is 0 Å². The SMILES string of the molecule is O=C1/C=C(/c2ccc(O)cc2)[C@H](O)Cc2ccc(O[C@@H]3OC(CO)C(O)C(O)C3O)cc2O1. The maximum Gasteiger partial charge on any atom is 0.336 e. The van der Waals surface area contributed by atoms with Gasteiger partial charge in [0.25, 0.3) is 0 Å². The molecule has 1 fully saturated rings. The molecule has 0 aromatic heterocycles. The summed E-state index contributed by atoms with van der Waals surface area (Å²) in [5.74, 6) is -0.423. The molecular weight excluding hydrogens is 436 g/mol. The Morgan fingerprint density at radius 3 is 2.39 bits per heavy atom. The molecule has 2 aromatic carbocycles. The van der Waals surface area contributed by atoms with Crippen LogP contribution in [0.3, 0.4) is 0 Å². The van der Waals surface area contributed by atoms with Gasteiger partial charge in [-0.25, -0.2) is 4.79 Å². The molecule has 0 bridgehead atoms. The van der Waals surface area contributed by atoms with Crippen LogP contribution in [0, 0.1) is 0 Å². The second-order valence-corrected chi connectivity index (χ2v) is 7.87. The van der Waals surface area contributed by atoms with E-state index in [0.717, 1.165) is 0 Å². The van der Waals surface area contributed by atoms with Crippen molar-refractivity contribution in [1.29, 1.82) is 0 Å². The number of phenols is 1. The number of benzene rings is 2. The molecule has 2 aliphatic rings. The summed E-state index contributed by atoms with van der Waals surface area (Å²) in [6.07, 6.45) is -6.97. The number of esters is 1. The Balaban J connectivity index is 1.55. The van der Waals surface area contributed by atoms with Gasteiger partial charge in [0, 0.05) is 18.6 Å². The predicted molar refractivity (Wildman–Crippen MR) is 112 cm³/mol. The quantitative estimate of drug-likeness (QED) is 0.258. The van der Waals surface area contributed by atoms with E-state index >= 15 is 0 Å². The van der Waals surface area contributed by atoms with E-state index in [1.807, 2.05) is 0 Å². The molecule has 0 radical (unpaired) electrons. The number of hydrogen-bond acceptors (Lipinski definition) is 10. The van der Waals surface area contributed by atoms with Crippen molar-refractivity contribution in [3.05, 3.63) is 59.7 Å². The third-order valence-corrected chi connectivity index (χ3v) is 5.60. The lowest BCUT2D eigenvalue weighted by molar-refractivity contribution is -0.277. The van der Waals surface area contributed by atoms with Crippen LogP contribution in [0.5, 0.6) is 17.2 Å². The van der Waals surface area contributed by atoms with Gasteiger partial charge in [-0.3, -0.25) is 0 Å². The fraction of sp³-hybridized carbons (Fsp3) is 0.348. The van der Waals surface area contributed by atoms with Gasteiger partial charge in [-0.05, 0) is 34.9 Å². The number of fused-ring (bicyclic) bond motifs is 1. The summed E-state index contributed by atoms with van der Waals surface area (Å²) in [5, 5.41) is 59.5. The van der Waals surface area contributed by atoms with Gasteiger partial charge in [0.2, 0.25) is 6.29 Å². The average Bonchev–Trinajstić information content (AvgIpc) is 2.79. The van der Waals surface area contributed by atoms with Crippen molar-refractivity contribution in [3.8, 4) is 17.2 Å². The Labute approximate surface area is 188 Å². The van der Waals surface area contributed by atoms with Gasteiger partial charge in [0.1, 0.15) is 41.7 Å². The van der Waals surface area contributed by atoms with Crippen molar-refractivity contribution in [1.82, 2.24) is 0 Å². The number of ether oxygens (including phenoxy) is 3. The van der Waals surface area contributed by atoms with E-state index in [9.17, 15) is 35.4 Å². The van der Waals surface area contributed by atoms with Crippen molar-refractivity contribution >= 4 is 11.5 Å². The van der Waals surface area contributed by atoms with Crippen LogP contribution in [0.15, 0.2) is 48.5 Å². The number of phenolic OH excluding ortho intramolecular Hbond substituents is 1. The standard InChI is InChI=1S/C23H24O10/c24-10-18-20(28)21(29)22(30)23(33-18)31-14-6-3-12-7-16(26)15(9-19(27)32-17(12)8-14)11-1-4-13(25)5-2-11/h1-6,8-9,16,18,20-26,28-30H,7,10H2/b15-9-/t16-,18?,20?,21?,22?,23-/m1/s1. The van der Waals surface area contributed by atoms with E-state index in [1.165, 1.54) is 30.3 Å². The van der Waals surface area contributed by atoms with E-state index in [1.54, 1.807) is 18.2 Å². The third-order valence-electron chi connectivity index (χ3n) is 5.60. The molecule has 4 unspecified atom stereocenters. The van der Waals surface area contributed by atoms with E-state index in [-0.39, 0.29) is 23.7 Å². The summed E-state index contributed by atoms with van der Waals surface area (Å²) >= 11 is 0. The van der Waals surface area contributed by atoms with Gasteiger partial charge in [-0.1, -0.05) is 18.2 Å². The Bertz CT molecular complexity index is 1030. The van der Waals surface area contributed by atoms with Gasteiger partial charge in [0.05, 0.1) is 12.7 Å². The van der Waals surface area contributed by atoms with Crippen LogP contribution in [0.25, 0.3) is 5.57 Å². The molecule has 1 saturated heterocycles. The van der Waals surface area contributed by atoms with Gasteiger partial charge >= 0.3 is 5.97 Å². The molecule has 0 spiro atoms. The van der Waals surface area contributed by atoms with Crippen molar-refractivity contribution in [2.75, 3.05) is 6.61 Å². The lowest BCUT2D eigenvalue weighted by Gasteiger charge is -2.39. The zero-order valence-electron chi connectivity index (χ0n) is 17.3. The summed E-state index contributed by atoms with van der Waals surface area (Å²) in [6.45, 7) is -0.597. The maximum atomic E-state index is 12.5. The summed E-state index contributed by atoms with van der Waals surface area (Å²) in [4.78, 5) is 12.5. The Morgan fingerprint density at radius 2 is 1.70 bits per heavy atom. The van der Waals surface area contributed by atoms with E-state index in [4.69, 9.17) is 14.2 Å². The highest BCUT2D eigenvalue weighted by Crippen LogP contribution is 2.33. The predicted octanol–water partition coefficient (Wildman–Crippen LogP) is -0.523. The molecule has 6 N–H and O–H groups in total. The molecule has 176 valence electrons. The van der Waals surface area contributed by atoms with Crippen molar-refractivity contribution in [3.63, 3.8) is 0 Å². The van der Waals surface area contributed by atoms with E-state index in [0.29, 0.717) is 16.7 Å². The molecule has 10 heteroatoms. The van der Waals surface area contributed by atoms with Crippen LogP contribution < -0.4 is 9.47 Å². The Morgan fingerprint density at radius 1 is 0.970 bits per heavy atom. The topological polar surface area (TPSA) is 166 Å². The summed E-state index contributed by atoms with van der Waals surface area (Å²) in [5.41, 5.74) is 1.41. The molecule has 2 aromatic rings. The second kappa shape index (κ2) is 9.48. The minimum absolute atomic E-state index is 0.0551. The van der Waals surface area contributed by atoms with Crippen molar-refractivity contribution in [2.24, 2.45) is 0 Å². The number of aromatic hydroxyl groups is 1. The molecule has 2 heterocycles. The summed E-state index contributed by atoms with van der Waals surface area (Å²) in [6, 6.07) is 10.5. The number of hydrogen-bond donors (Lipinski definition) is 6. The lowest BCUT2D eigenvalue weighted by Crippen LogP contribution is -2.60. The van der Waals surface area contributed by atoms with E-state index < -0.39 is 49.4 Å². The lowest BCUT2D eigenvalue weighted by atomic mass is 9.94. The van der Waals surface area contributed by atoms with Gasteiger partial charge < -0.3 is 44.8 Å². The van der Waals surface area contributed by atoms with Crippen LogP contribution in [0.1, 0.15) is 11.1 Å². The zero-order valence-corrected chi connectivity index (χ0v) is 17.3. The molecule has 0 aliphatic carbocycles. The smallest absolute Gasteiger partial charge is 0.336 e. The van der Waals surface area contributed by atoms with Gasteiger partial charge in [-0.2, -0.15) is 0 Å². The first-order valence-corrected chi connectivity index (χ1v) is 10.3. The highest BCUT2D eigenvalue weighted by molar-refractivity contribution is 5.94. The zero-order chi connectivity index (χ0) is 23.7. The monoisotopic (exact) mass is 460 g/mol. The van der Waals surface area contributed by atoms with Crippen LogP contribution in [-0.4, -0.2) is 80.0 Å². The Kier molecular flexibility index (Phi) is 6.66. The minimum atomic E-state index is -1.60. The first kappa shape index (κ1) is 23.2. The molecule has 10 nitrogen and oxygen atoms in total. The fourth-order valence-corrected chi connectivity index (χ4v) is 3.78. The number of carbonyl (C=O) groups excluding carboxylic acids is 1. The molecule has 4 rings (SSSR count). The highest BCUT2D eigenvalue weighted by atomic mass is 16.7. The largest absolute Gasteiger partial charge is 0.508 e. The summed E-state index contributed by atoms with van der Waals surface area (Å²) in [7, 11) is 0. The molecule has 0 amide bonds. The Hall–Kier alpha value is -2.99. The van der Waals surface area contributed by atoms with Crippen molar-refractivity contribution in [2.45, 2.75) is 43.2 Å². The fourth-order valence-electron chi connectivity index (χ4n) is 3.78. The molecule has 33 heavy (non-hydrogen) atoms. The molecule has 2 aliphatic heterocycles. The van der Waals surface area contributed by atoms with Crippen LogP contribution >= 0.6 is 0 Å². The summed E-state index contributed by atoms with van der Waals surface area (Å²) < 4.78 is 16.3. The number of aliphatic hydroxyl groups excluding tert-OH is 5. The maximum absolute atomic E-state index is 12.5. The van der Waals surface area contributed by atoms with Crippen LogP contribution in [0.2, 0.25) is 0 Å². The molecule has 6 atom stereocenters. The van der Waals surface area contributed by atoms with Gasteiger partial charge in [-0.15, -0.1) is 0 Å². The first-order valence-electron chi connectivity index (χ1n) is 10.3. The number of aliphatic hydroxyl groups is 5. The molecule has 0 saturated carbocycles. The normalized spacial score (nSPS) is 31.4. The van der Waals surface area contributed by atoms with Crippen molar-refractivity contribution < 1.29 is 49.6 Å². The van der Waals surface area contributed by atoms with Gasteiger partial charge in [0.15, 0.2) is 0 Å². The van der Waals surface area contributed by atoms with Crippen LogP contribution in [0.4, 0.5) is 0 Å². The number of carbonyl (C=O) groups is 1. The molecular formula is C23H24O10. The second-order valence-electron chi connectivity index (χ2n) is 7.87. The highest BCUT2D eigenvalue weighted by Gasteiger charge is 2.44.